The molecule has 0 aliphatic heterocycles. The Morgan fingerprint density at radius 3 is 2.52 bits per heavy atom. The smallest absolute Gasteiger partial charge is 0.143 e. The van der Waals surface area contributed by atoms with Crippen molar-refractivity contribution in [3.8, 4) is 11.5 Å². The van der Waals surface area contributed by atoms with Gasteiger partial charge in [0.25, 0.3) is 0 Å². The molecule has 2 rings (SSSR count). The van der Waals surface area contributed by atoms with Crippen molar-refractivity contribution in [2.75, 3.05) is 14.2 Å². The van der Waals surface area contributed by atoms with Gasteiger partial charge in [0.2, 0.25) is 0 Å². The molecule has 0 aliphatic rings. The molecule has 112 valence electrons. The summed E-state index contributed by atoms with van der Waals surface area (Å²) in [5.41, 5.74) is 0.818. The number of aromatic nitrogens is 1. The van der Waals surface area contributed by atoms with E-state index in [-0.39, 0.29) is 5.02 Å². The van der Waals surface area contributed by atoms with Crippen molar-refractivity contribution < 1.29 is 14.6 Å². The first-order valence-electron chi connectivity index (χ1n) is 5.89. The van der Waals surface area contributed by atoms with Gasteiger partial charge in [0.05, 0.1) is 30.0 Å². The van der Waals surface area contributed by atoms with Gasteiger partial charge in [0.1, 0.15) is 22.1 Å². The Hall–Kier alpha value is -1.01. The number of rotatable bonds is 4. The zero-order chi connectivity index (χ0) is 15.6. The van der Waals surface area contributed by atoms with Gasteiger partial charge in [-0.15, -0.1) is 0 Å². The molecule has 1 unspecified atom stereocenters. The van der Waals surface area contributed by atoms with E-state index in [2.05, 4.69) is 20.9 Å². The molecular weight excluding hydrogens is 381 g/mol. The highest BCUT2D eigenvalue weighted by Crippen LogP contribution is 2.41. The highest BCUT2D eigenvalue weighted by atomic mass is 79.9. The molecule has 7 heteroatoms. The van der Waals surface area contributed by atoms with Gasteiger partial charge < -0.3 is 14.6 Å². The maximum absolute atomic E-state index is 10.5. The summed E-state index contributed by atoms with van der Waals surface area (Å²) in [5.74, 6) is 1.05. The van der Waals surface area contributed by atoms with Crippen LogP contribution in [0, 0.1) is 0 Å². The number of hydrogen-bond donors (Lipinski definition) is 1. The maximum Gasteiger partial charge on any atom is 0.143 e. The number of methoxy groups -OCH3 is 2. The van der Waals surface area contributed by atoms with Gasteiger partial charge in [-0.05, 0) is 34.1 Å². The number of aliphatic hydroxyl groups is 1. The fourth-order valence-electron chi connectivity index (χ4n) is 1.91. The maximum atomic E-state index is 10.5. The van der Waals surface area contributed by atoms with Gasteiger partial charge in [0, 0.05) is 11.8 Å². The van der Waals surface area contributed by atoms with Crippen molar-refractivity contribution in [2.24, 2.45) is 0 Å². The molecule has 0 radical (unpaired) electrons. The second-order valence-corrected chi connectivity index (χ2v) is 5.76. The van der Waals surface area contributed by atoms with Crippen LogP contribution in [0.5, 0.6) is 11.5 Å². The number of halogens is 3. The fourth-order valence-corrected chi connectivity index (χ4v) is 3.08. The van der Waals surface area contributed by atoms with Crippen LogP contribution < -0.4 is 9.47 Å². The highest BCUT2D eigenvalue weighted by Gasteiger charge is 2.23. The van der Waals surface area contributed by atoms with Crippen molar-refractivity contribution in [3.63, 3.8) is 0 Å². The van der Waals surface area contributed by atoms with E-state index in [9.17, 15) is 5.11 Å². The molecule has 0 bridgehead atoms. The number of nitrogens with zero attached hydrogens (tertiary/aromatic N) is 1. The standard InChI is InChI=1S/C14H12BrCl2NO3/c1-20-10-4-3-8(14(21-2)11(10)15)13(19)12-9(17)5-7(16)6-18-12/h3-6,13,19H,1-2H3. The van der Waals surface area contributed by atoms with Crippen LogP contribution in [-0.4, -0.2) is 24.3 Å². The van der Waals surface area contributed by atoms with Gasteiger partial charge in [-0.2, -0.15) is 0 Å². The number of ether oxygens (including phenoxy) is 2. The van der Waals surface area contributed by atoms with Crippen molar-refractivity contribution in [1.29, 1.82) is 0 Å². The zero-order valence-electron chi connectivity index (χ0n) is 11.2. The normalized spacial score (nSPS) is 12.1. The Labute approximate surface area is 140 Å². The predicted octanol–water partition coefficient (Wildman–Crippen LogP) is 4.25. The molecule has 0 spiro atoms. The third kappa shape index (κ3) is 3.26. The van der Waals surface area contributed by atoms with E-state index in [0.29, 0.717) is 32.3 Å². The summed E-state index contributed by atoms with van der Waals surface area (Å²) in [7, 11) is 3.06. The fraction of sp³-hybridized carbons (Fsp3) is 0.214. The van der Waals surface area contributed by atoms with Gasteiger partial charge >= 0.3 is 0 Å². The molecule has 1 N–H and O–H groups in total. The molecule has 0 saturated heterocycles. The van der Waals surface area contributed by atoms with Gasteiger partial charge in [-0.1, -0.05) is 23.2 Å². The van der Waals surface area contributed by atoms with Gasteiger partial charge in [0.15, 0.2) is 0 Å². The minimum absolute atomic E-state index is 0.281. The molecule has 0 aliphatic carbocycles. The van der Waals surface area contributed by atoms with Crippen molar-refractivity contribution in [2.45, 2.75) is 6.10 Å². The summed E-state index contributed by atoms with van der Waals surface area (Å²) in [6.45, 7) is 0. The molecule has 1 heterocycles. The van der Waals surface area contributed by atoms with Crippen LogP contribution in [0.4, 0.5) is 0 Å². The predicted molar refractivity (Wildman–Crippen MR) is 85.6 cm³/mol. The molecule has 0 amide bonds. The first-order valence-corrected chi connectivity index (χ1v) is 7.43. The lowest BCUT2D eigenvalue weighted by Crippen LogP contribution is -2.06. The second kappa shape index (κ2) is 6.83. The molecule has 2 aromatic rings. The molecule has 0 fully saturated rings. The topological polar surface area (TPSA) is 51.6 Å². The number of hydrogen-bond acceptors (Lipinski definition) is 4. The third-order valence-electron chi connectivity index (χ3n) is 2.91. The van der Waals surface area contributed by atoms with E-state index in [1.807, 2.05) is 0 Å². The van der Waals surface area contributed by atoms with E-state index in [1.165, 1.54) is 19.4 Å². The van der Waals surface area contributed by atoms with E-state index < -0.39 is 6.10 Å². The van der Waals surface area contributed by atoms with Crippen LogP contribution in [0.15, 0.2) is 28.9 Å². The lowest BCUT2D eigenvalue weighted by molar-refractivity contribution is 0.209. The van der Waals surface area contributed by atoms with Crippen molar-refractivity contribution >= 4 is 39.1 Å². The summed E-state index contributed by atoms with van der Waals surface area (Å²) < 4.78 is 11.1. The van der Waals surface area contributed by atoms with Crippen LogP contribution in [-0.2, 0) is 0 Å². The van der Waals surface area contributed by atoms with Gasteiger partial charge in [-0.3, -0.25) is 4.98 Å². The summed E-state index contributed by atoms with van der Waals surface area (Å²) in [5, 5.41) is 11.2. The molecular formula is C14H12BrCl2NO3. The first kappa shape index (κ1) is 16.4. The monoisotopic (exact) mass is 391 g/mol. The SMILES string of the molecule is COc1ccc(C(O)c2ncc(Cl)cc2Cl)c(OC)c1Br. The van der Waals surface area contributed by atoms with E-state index in [1.54, 1.807) is 19.2 Å². The van der Waals surface area contributed by atoms with Crippen LogP contribution in [0.25, 0.3) is 0 Å². The van der Waals surface area contributed by atoms with E-state index >= 15 is 0 Å². The number of aliphatic hydroxyl groups excluding tert-OH is 1. The Kier molecular flexibility index (Phi) is 5.32. The Bertz CT molecular complexity index is 667. The summed E-state index contributed by atoms with van der Waals surface area (Å²) in [4.78, 5) is 4.09. The molecule has 4 nitrogen and oxygen atoms in total. The number of pyridine rings is 1. The zero-order valence-corrected chi connectivity index (χ0v) is 14.3. The van der Waals surface area contributed by atoms with Crippen molar-refractivity contribution in [1.82, 2.24) is 4.98 Å². The Morgan fingerprint density at radius 2 is 1.95 bits per heavy atom. The van der Waals surface area contributed by atoms with Gasteiger partial charge in [-0.25, -0.2) is 0 Å². The third-order valence-corrected chi connectivity index (χ3v) is 4.17. The Morgan fingerprint density at radius 1 is 1.24 bits per heavy atom. The highest BCUT2D eigenvalue weighted by molar-refractivity contribution is 9.10. The lowest BCUT2D eigenvalue weighted by Gasteiger charge is -2.18. The van der Waals surface area contributed by atoms with Crippen LogP contribution in [0.1, 0.15) is 17.4 Å². The van der Waals surface area contributed by atoms with Crippen LogP contribution in [0.2, 0.25) is 10.0 Å². The lowest BCUT2D eigenvalue weighted by atomic mass is 10.0. The quantitative estimate of drug-likeness (QED) is 0.844. The van der Waals surface area contributed by atoms with Crippen molar-refractivity contribution in [3.05, 3.63) is 50.2 Å². The minimum atomic E-state index is -1.05. The molecule has 1 aromatic carbocycles. The average molecular weight is 393 g/mol. The molecule has 1 atom stereocenters. The molecule has 21 heavy (non-hydrogen) atoms. The van der Waals surface area contributed by atoms with E-state index in [4.69, 9.17) is 32.7 Å². The first-order chi connectivity index (χ1) is 9.99. The molecule has 0 saturated carbocycles. The largest absolute Gasteiger partial charge is 0.495 e. The average Bonchev–Trinajstić information content (AvgIpc) is 2.46. The molecule has 1 aromatic heterocycles. The van der Waals surface area contributed by atoms with Crippen LogP contribution in [0.3, 0.4) is 0 Å². The Balaban J connectivity index is 2.52. The van der Waals surface area contributed by atoms with E-state index in [0.717, 1.165) is 0 Å². The number of benzene rings is 1. The van der Waals surface area contributed by atoms with Crippen LogP contribution >= 0.6 is 39.1 Å². The second-order valence-electron chi connectivity index (χ2n) is 4.13. The minimum Gasteiger partial charge on any atom is -0.495 e. The summed E-state index contributed by atoms with van der Waals surface area (Å²) in [6, 6.07) is 4.94. The summed E-state index contributed by atoms with van der Waals surface area (Å²) >= 11 is 15.3. The summed E-state index contributed by atoms with van der Waals surface area (Å²) in [6.07, 6.45) is 0.378.